The van der Waals surface area contributed by atoms with Crippen molar-refractivity contribution in [3.05, 3.63) is 94.5 Å². The van der Waals surface area contributed by atoms with Gasteiger partial charge in [-0.15, -0.1) is 0 Å². The van der Waals surface area contributed by atoms with Crippen LogP contribution in [0.3, 0.4) is 0 Å². The van der Waals surface area contributed by atoms with Crippen molar-refractivity contribution in [3.63, 3.8) is 0 Å². The third-order valence-corrected chi connectivity index (χ3v) is 7.36. The van der Waals surface area contributed by atoms with E-state index in [2.05, 4.69) is 76.2 Å². The lowest BCUT2D eigenvalue weighted by Crippen LogP contribution is -2.36. The number of rotatable bonds is 3. The number of hydrogen-bond acceptors (Lipinski definition) is 1. The molecule has 0 spiro atoms. The number of aryl methyl sites for hydroxylation is 1. The minimum atomic E-state index is 0.190. The fourth-order valence-corrected chi connectivity index (χ4v) is 5.32. The molecule has 2 heterocycles. The molecule has 0 amide bonds. The topological polar surface area (TPSA) is 21.4 Å². The summed E-state index contributed by atoms with van der Waals surface area (Å²) >= 11 is 0. The smallest absolute Gasteiger partial charge is 0.216 e. The van der Waals surface area contributed by atoms with E-state index in [4.69, 9.17) is 11.0 Å². The summed E-state index contributed by atoms with van der Waals surface area (Å²) in [6.07, 6.45) is 1.01. The van der Waals surface area contributed by atoms with Gasteiger partial charge in [0.2, 0.25) is 5.69 Å². The zero-order chi connectivity index (χ0) is 25.8. The normalized spacial score (nSPS) is 11.8. The van der Waals surface area contributed by atoms with Gasteiger partial charge < -0.3 is 4.42 Å². The van der Waals surface area contributed by atoms with E-state index in [1.807, 2.05) is 42.5 Å². The van der Waals surface area contributed by atoms with Gasteiger partial charge in [-0.25, -0.2) is 4.85 Å². The molecule has 0 radical (unpaired) electrons. The Morgan fingerprint density at radius 2 is 1.50 bits per heavy atom. The van der Waals surface area contributed by atoms with Crippen LogP contribution in [0.2, 0.25) is 0 Å². The summed E-state index contributed by atoms with van der Waals surface area (Å²) in [6.45, 7) is 21.3. The Labute approximate surface area is 213 Å². The molecule has 3 aromatic carbocycles. The Hall–Kier alpha value is -3.90. The zero-order valence-electron chi connectivity index (χ0n) is 22.3. The van der Waals surface area contributed by atoms with Crippen LogP contribution in [0.4, 0.5) is 5.69 Å². The van der Waals surface area contributed by atoms with E-state index in [1.165, 1.54) is 22.4 Å². The molecule has 0 unspecified atom stereocenters. The monoisotopic (exact) mass is 473 g/mol. The number of fused-ring (bicyclic) bond motifs is 3. The average Bonchev–Trinajstić information content (AvgIpc) is 3.22. The second-order valence-corrected chi connectivity index (χ2v) is 11.1. The molecule has 5 rings (SSSR count). The summed E-state index contributed by atoms with van der Waals surface area (Å²) in [7, 11) is 2.14. The molecule has 5 aromatic rings. The third kappa shape index (κ3) is 3.88. The summed E-state index contributed by atoms with van der Waals surface area (Å²) in [5, 5.41) is 2.12. The van der Waals surface area contributed by atoms with Crippen molar-refractivity contribution in [2.24, 2.45) is 12.5 Å². The van der Waals surface area contributed by atoms with Crippen molar-refractivity contribution in [3.8, 4) is 22.4 Å². The van der Waals surface area contributed by atoms with Crippen molar-refractivity contribution >= 4 is 27.6 Å². The maximum Gasteiger partial charge on any atom is 0.216 e. The quantitative estimate of drug-likeness (QED) is 0.189. The lowest BCUT2D eigenvalue weighted by Gasteiger charge is -2.20. The standard InChI is InChI=1S/C33H33N2O/c1-20-14-15-25-26-16-17-27(34-7)30(23-12-10-9-11-13-23)32(26)36-31(25)29(20)28-18-24(19-33(4,5)6)21(2)22(3)35(28)8/h9-18H,19H2,1-6,8H3/q+1. The van der Waals surface area contributed by atoms with Crippen LogP contribution in [-0.2, 0) is 13.5 Å². The first-order chi connectivity index (χ1) is 17.1. The van der Waals surface area contributed by atoms with Gasteiger partial charge in [0.1, 0.15) is 18.2 Å². The van der Waals surface area contributed by atoms with Gasteiger partial charge in [-0.05, 0) is 42.4 Å². The van der Waals surface area contributed by atoms with Crippen LogP contribution < -0.4 is 4.57 Å². The predicted octanol–water partition coefficient (Wildman–Crippen LogP) is 8.81. The molecule has 0 aliphatic carbocycles. The fourth-order valence-electron chi connectivity index (χ4n) is 5.32. The Morgan fingerprint density at radius 1 is 0.861 bits per heavy atom. The molecular weight excluding hydrogens is 440 g/mol. The second kappa shape index (κ2) is 8.64. The van der Waals surface area contributed by atoms with Gasteiger partial charge >= 0.3 is 0 Å². The van der Waals surface area contributed by atoms with Crippen molar-refractivity contribution < 1.29 is 8.98 Å². The summed E-state index contributed by atoms with van der Waals surface area (Å²) in [6, 6.07) is 20.8. The number of furan rings is 1. The summed E-state index contributed by atoms with van der Waals surface area (Å²) in [5.41, 5.74) is 11.7. The van der Waals surface area contributed by atoms with Crippen molar-refractivity contribution in [1.82, 2.24) is 0 Å². The van der Waals surface area contributed by atoms with Crippen LogP contribution in [0.5, 0.6) is 0 Å². The van der Waals surface area contributed by atoms with E-state index in [1.54, 1.807) is 0 Å². The summed E-state index contributed by atoms with van der Waals surface area (Å²) in [5.74, 6) is 0. The molecular formula is C33H33N2O+. The largest absolute Gasteiger partial charge is 0.456 e. The van der Waals surface area contributed by atoms with E-state index < -0.39 is 0 Å². The maximum atomic E-state index is 7.80. The molecule has 0 atom stereocenters. The molecule has 0 N–H and O–H groups in total. The minimum Gasteiger partial charge on any atom is -0.456 e. The van der Waals surface area contributed by atoms with E-state index in [0.717, 1.165) is 50.7 Å². The second-order valence-electron chi connectivity index (χ2n) is 11.1. The van der Waals surface area contributed by atoms with E-state index in [9.17, 15) is 0 Å². The maximum absolute atomic E-state index is 7.80. The van der Waals surface area contributed by atoms with Crippen molar-refractivity contribution in [1.29, 1.82) is 0 Å². The number of benzene rings is 3. The van der Waals surface area contributed by atoms with Gasteiger partial charge in [0, 0.05) is 34.9 Å². The number of hydrogen-bond donors (Lipinski definition) is 0. The van der Waals surface area contributed by atoms with Gasteiger partial charge in [-0.2, -0.15) is 4.57 Å². The van der Waals surface area contributed by atoms with Gasteiger partial charge in [0.15, 0.2) is 11.4 Å². The fraction of sp³-hybridized carbons (Fsp3) is 0.273. The van der Waals surface area contributed by atoms with Crippen LogP contribution in [0.25, 0.3) is 49.2 Å². The lowest BCUT2D eigenvalue weighted by atomic mass is 9.85. The van der Waals surface area contributed by atoms with Gasteiger partial charge in [0.25, 0.3) is 0 Å². The number of pyridine rings is 1. The van der Waals surface area contributed by atoms with Crippen molar-refractivity contribution in [2.45, 2.75) is 48.0 Å². The first-order valence-electron chi connectivity index (χ1n) is 12.5. The Kier molecular flexibility index (Phi) is 5.72. The average molecular weight is 474 g/mol. The van der Waals surface area contributed by atoms with E-state index in [-0.39, 0.29) is 5.41 Å². The molecule has 3 heteroatoms. The molecule has 0 saturated carbocycles. The van der Waals surface area contributed by atoms with Crippen LogP contribution in [0.15, 0.2) is 65.1 Å². The van der Waals surface area contributed by atoms with Crippen LogP contribution in [-0.4, -0.2) is 0 Å². The van der Waals surface area contributed by atoms with Gasteiger partial charge in [-0.1, -0.05) is 75.4 Å². The molecule has 0 bridgehead atoms. The first-order valence-corrected chi connectivity index (χ1v) is 12.5. The Morgan fingerprint density at radius 3 is 2.14 bits per heavy atom. The predicted molar refractivity (Wildman–Crippen MR) is 149 cm³/mol. The molecule has 0 fully saturated rings. The van der Waals surface area contributed by atoms with Gasteiger partial charge in [0.05, 0.1) is 12.1 Å². The highest BCUT2D eigenvalue weighted by atomic mass is 16.3. The molecule has 0 aliphatic rings. The van der Waals surface area contributed by atoms with Crippen LogP contribution >= 0.6 is 0 Å². The molecule has 3 nitrogen and oxygen atoms in total. The molecule has 0 aliphatic heterocycles. The van der Waals surface area contributed by atoms with E-state index in [0.29, 0.717) is 5.69 Å². The molecule has 180 valence electrons. The number of nitrogens with zero attached hydrogens (tertiary/aromatic N) is 2. The third-order valence-electron chi connectivity index (χ3n) is 7.36. The van der Waals surface area contributed by atoms with Crippen molar-refractivity contribution in [2.75, 3.05) is 0 Å². The Bertz CT molecular complexity index is 1680. The molecule has 2 aromatic heterocycles. The Balaban J connectivity index is 1.87. The number of aromatic nitrogens is 1. The van der Waals surface area contributed by atoms with Crippen LogP contribution in [0, 0.1) is 32.8 Å². The molecule has 36 heavy (non-hydrogen) atoms. The van der Waals surface area contributed by atoms with Gasteiger partial charge in [-0.3, -0.25) is 0 Å². The molecule has 0 saturated heterocycles. The lowest BCUT2D eigenvalue weighted by molar-refractivity contribution is -0.667. The highest BCUT2D eigenvalue weighted by molar-refractivity contribution is 6.15. The highest BCUT2D eigenvalue weighted by Gasteiger charge is 2.27. The zero-order valence-corrected chi connectivity index (χ0v) is 22.3. The minimum absolute atomic E-state index is 0.190. The highest BCUT2D eigenvalue weighted by Crippen LogP contribution is 2.44. The first kappa shape index (κ1) is 23.8. The summed E-state index contributed by atoms with van der Waals surface area (Å²) < 4.78 is 9.05. The summed E-state index contributed by atoms with van der Waals surface area (Å²) in [4.78, 5) is 3.83. The van der Waals surface area contributed by atoms with Crippen LogP contribution in [0.1, 0.15) is 43.2 Å². The SMILES string of the molecule is [C-]#[N+]c1ccc2c(oc3c(-c4cc(CC(C)(C)C)c(C)c(C)[n+]4C)c(C)ccc32)c1-c1ccccc1. The van der Waals surface area contributed by atoms with E-state index >= 15 is 0 Å².